The Balaban J connectivity index is 5.43. The molecule has 0 aromatic rings. The zero-order chi connectivity index (χ0) is 29.4. The molecule has 0 saturated carbocycles. The number of nitrogens with zero attached hydrogens (tertiary/aromatic N) is 1. The van der Waals surface area contributed by atoms with Crippen LogP contribution in [0.5, 0.6) is 0 Å². The zero-order valence-corrected chi connectivity index (χ0v) is 26.5. The summed E-state index contributed by atoms with van der Waals surface area (Å²) < 4.78 is 12.0. The second kappa shape index (κ2) is 18.0. The van der Waals surface area contributed by atoms with Gasteiger partial charge in [0.25, 0.3) is 5.91 Å². The molecule has 0 bridgehead atoms. The van der Waals surface area contributed by atoms with Gasteiger partial charge >= 0.3 is 6.09 Å². The fourth-order valence-corrected chi connectivity index (χ4v) is 4.89. The molecule has 214 valence electrons. The maximum absolute atomic E-state index is 12.9. The number of hydrogen-bond donors (Lipinski definition) is 0. The highest BCUT2D eigenvalue weighted by Crippen LogP contribution is 2.21. The Kier molecular flexibility index (Phi) is 16.8. The van der Waals surface area contributed by atoms with Crippen LogP contribution in [0.1, 0.15) is 73.6 Å². The van der Waals surface area contributed by atoms with Crippen molar-refractivity contribution >= 4 is 20.3 Å². The van der Waals surface area contributed by atoms with E-state index in [2.05, 4.69) is 65.7 Å². The van der Waals surface area contributed by atoms with Crippen LogP contribution >= 0.6 is 0 Å². The van der Waals surface area contributed by atoms with Crippen molar-refractivity contribution < 1.29 is 18.8 Å². The fourth-order valence-electron chi connectivity index (χ4n) is 3.67. The maximum atomic E-state index is 12.9. The minimum absolute atomic E-state index is 0.0452. The van der Waals surface area contributed by atoms with Crippen LogP contribution in [0, 0.1) is 5.92 Å². The normalized spacial score (nSPS) is 15.0. The molecule has 38 heavy (non-hydrogen) atoms. The summed E-state index contributed by atoms with van der Waals surface area (Å²) in [6, 6.07) is 0. The SMILES string of the molecule is C=C/C=C(\C)C/C(C)=C/C[C@H](O[Si](C)(C)C)[C@@H](C)/C=C/C=C/C(=O)N(CCCCC=C)C(=O)OC(C)(C)C. The second-order valence-electron chi connectivity index (χ2n) is 11.8. The lowest BCUT2D eigenvalue weighted by atomic mass is 9.98. The monoisotopic (exact) mass is 543 g/mol. The molecule has 0 aromatic carbocycles. The van der Waals surface area contributed by atoms with Crippen molar-refractivity contribution in [2.24, 2.45) is 5.92 Å². The Morgan fingerprint density at radius 3 is 2.24 bits per heavy atom. The molecular formula is C32H53NO4Si. The smallest absolute Gasteiger partial charge is 0.417 e. The molecule has 0 saturated heterocycles. The summed E-state index contributed by atoms with van der Waals surface area (Å²) in [5.41, 5.74) is 1.91. The zero-order valence-electron chi connectivity index (χ0n) is 25.5. The van der Waals surface area contributed by atoms with Gasteiger partial charge in [0, 0.05) is 12.6 Å². The standard InChI is InChI=1S/C32H53NO4Si/c1-12-14-15-18-24-33(31(35)36-32(6,7)8)30(34)21-17-16-20-28(5)29(37-38(9,10)11)23-22-27(4)25-26(3)19-13-2/h12-13,16-17,19-22,28-29H,1-2,14-15,18,23-25H2,3-11H3/b20-16+,21-17+,26-19+,27-22+/t28-,29-/m0/s1. The van der Waals surface area contributed by atoms with Crippen LogP contribution in [0.4, 0.5) is 4.79 Å². The van der Waals surface area contributed by atoms with E-state index in [9.17, 15) is 9.59 Å². The van der Waals surface area contributed by atoms with E-state index in [1.807, 2.05) is 24.3 Å². The van der Waals surface area contributed by atoms with Crippen LogP contribution in [0.25, 0.3) is 0 Å². The van der Waals surface area contributed by atoms with Gasteiger partial charge in [-0.05, 0) is 92.3 Å². The van der Waals surface area contributed by atoms with Crippen molar-refractivity contribution in [3.63, 3.8) is 0 Å². The van der Waals surface area contributed by atoms with Gasteiger partial charge in [0.2, 0.25) is 0 Å². The lowest BCUT2D eigenvalue weighted by Gasteiger charge is -2.29. The Bertz CT molecular complexity index is 884. The molecule has 0 N–H and O–H groups in total. The Labute approximate surface area is 234 Å². The van der Waals surface area contributed by atoms with Gasteiger partial charge in [0.1, 0.15) is 5.60 Å². The van der Waals surface area contributed by atoms with Crippen LogP contribution in [0.3, 0.4) is 0 Å². The third-order valence-corrected chi connectivity index (χ3v) is 6.44. The quantitative estimate of drug-likeness (QED) is 0.0641. The minimum Gasteiger partial charge on any atom is -0.443 e. The highest BCUT2D eigenvalue weighted by atomic mass is 28.4. The average molecular weight is 544 g/mol. The van der Waals surface area contributed by atoms with E-state index in [1.165, 1.54) is 22.1 Å². The molecule has 0 rings (SSSR count). The maximum Gasteiger partial charge on any atom is 0.417 e. The molecule has 0 aromatic heterocycles. The Morgan fingerprint density at radius 2 is 1.68 bits per heavy atom. The van der Waals surface area contributed by atoms with Gasteiger partial charge in [0.15, 0.2) is 8.32 Å². The first-order valence-electron chi connectivity index (χ1n) is 13.7. The number of allylic oxidation sites excluding steroid dienone is 7. The first-order valence-corrected chi connectivity index (χ1v) is 17.1. The van der Waals surface area contributed by atoms with Crippen molar-refractivity contribution in [2.45, 2.75) is 105 Å². The van der Waals surface area contributed by atoms with E-state index in [-0.39, 0.29) is 17.9 Å². The molecule has 6 heteroatoms. The number of carbonyl (C=O) groups excluding carboxylic acids is 2. The van der Waals surface area contributed by atoms with Crippen molar-refractivity contribution in [1.82, 2.24) is 4.90 Å². The third kappa shape index (κ3) is 17.9. The lowest BCUT2D eigenvalue weighted by molar-refractivity contribution is -0.125. The predicted molar refractivity (Wildman–Crippen MR) is 165 cm³/mol. The van der Waals surface area contributed by atoms with E-state index in [0.29, 0.717) is 13.0 Å². The summed E-state index contributed by atoms with van der Waals surface area (Å²) in [5.74, 6) is -0.234. The van der Waals surface area contributed by atoms with Gasteiger partial charge in [-0.1, -0.05) is 67.2 Å². The van der Waals surface area contributed by atoms with E-state index in [4.69, 9.17) is 9.16 Å². The Morgan fingerprint density at radius 1 is 1.03 bits per heavy atom. The number of hydrogen-bond acceptors (Lipinski definition) is 4. The topological polar surface area (TPSA) is 55.8 Å². The molecule has 0 spiro atoms. The average Bonchev–Trinajstić information content (AvgIpc) is 2.77. The number of rotatable bonds is 16. The van der Waals surface area contributed by atoms with Gasteiger partial charge < -0.3 is 9.16 Å². The van der Waals surface area contributed by atoms with E-state index in [1.54, 1.807) is 26.8 Å². The summed E-state index contributed by atoms with van der Waals surface area (Å²) in [6.45, 7) is 26.2. The van der Waals surface area contributed by atoms with Crippen LogP contribution in [-0.2, 0) is 14.0 Å². The molecule has 0 aliphatic carbocycles. The molecular weight excluding hydrogens is 490 g/mol. The number of ether oxygens (including phenoxy) is 1. The van der Waals surface area contributed by atoms with Gasteiger partial charge in [-0.3, -0.25) is 4.79 Å². The largest absolute Gasteiger partial charge is 0.443 e. The summed E-state index contributed by atoms with van der Waals surface area (Å²) in [7, 11) is -1.76. The summed E-state index contributed by atoms with van der Waals surface area (Å²) >= 11 is 0. The highest BCUT2D eigenvalue weighted by Gasteiger charge is 2.26. The summed E-state index contributed by atoms with van der Waals surface area (Å²) in [4.78, 5) is 26.7. The van der Waals surface area contributed by atoms with Crippen LogP contribution in [0.2, 0.25) is 19.6 Å². The second-order valence-corrected chi connectivity index (χ2v) is 16.3. The molecule has 2 amide bonds. The molecule has 5 nitrogen and oxygen atoms in total. The highest BCUT2D eigenvalue weighted by molar-refractivity contribution is 6.69. The molecule has 0 heterocycles. The van der Waals surface area contributed by atoms with Crippen LogP contribution in [-0.4, -0.2) is 43.5 Å². The first kappa shape index (κ1) is 35.6. The molecule has 0 radical (unpaired) electrons. The van der Waals surface area contributed by atoms with Crippen LogP contribution in [0.15, 0.2) is 72.9 Å². The van der Waals surface area contributed by atoms with Gasteiger partial charge in [-0.15, -0.1) is 6.58 Å². The molecule has 0 aliphatic heterocycles. The third-order valence-electron chi connectivity index (χ3n) is 5.43. The van der Waals surface area contributed by atoms with Gasteiger partial charge in [-0.2, -0.15) is 0 Å². The predicted octanol–water partition coefficient (Wildman–Crippen LogP) is 8.93. The molecule has 0 fully saturated rings. The summed E-state index contributed by atoms with van der Waals surface area (Å²) in [6.07, 6.45) is 18.6. The lowest BCUT2D eigenvalue weighted by Crippen LogP contribution is -2.40. The number of carbonyl (C=O) groups is 2. The van der Waals surface area contributed by atoms with Crippen molar-refractivity contribution in [2.75, 3.05) is 6.54 Å². The van der Waals surface area contributed by atoms with E-state index in [0.717, 1.165) is 25.7 Å². The van der Waals surface area contributed by atoms with Crippen LogP contribution < -0.4 is 0 Å². The van der Waals surface area contributed by atoms with Gasteiger partial charge in [0.05, 0.1) is 6.10 Å². The number of amides is 2. The minimum atomic E-state index is -1.76. The van der Waals surface area contributed by atoms with Crippen molar-refractivity contribution in [1.29, 1.82) is 0 Å². The molecule has 0 aliphatic rings. The molecule has 2 atom stereocenters. The van der Waals surface area contributed by atoms with E-state index >= 15 is 0 Å². The number of imide groups is 1. The van der Waals surface area contributed by atoms with Gasteiger partial charge in [-0.25, -0.2) is 9.69 Å². The van der Waals surface area contributed by atoms with Crippen molar-refractivity contribution in [3.8, 4) is 0 Å². The Hall–Kier alpha value is -2.44. The first-order chi connectivity index (χ1) is 17.6. The summed E-state index contributed by atoms with van der Waals surface area (Å²) in [5, 5.41) is 0. The fraction of sp³-hybridized carbons (Fsp3) is 0.562. The van der Waals surface area contributed by atoms with E-state index < -0.39 is 20.0 Å². The number of unbranched alkanes of at least 4 members (excludes halogenated alkanes) is 2. The molecule has 0 unspecified atom stereocenters. The van der Waals surface area contributed by atoms with Crippen molar-refractivity contribution in [3.05, 3.63) is 72.9 Å².